The van der Waals surface area contributed by atoms with Crippen LogP contribution in [0.15, 0.2) is 64.3 Å². The molecule has 142 valence electrons. The topological polar surface area (TPSA) is 85.6 Å². The molecule has 0 spiro atoms. The lowest BCUT2D eigenvalue weighted by Gasteiger charge is -2.07. The predicted octanol–water partition coefficient (Wildman–Crippen LogP) is 4.23. The molecule has 0 unspecified atom stereocenters. The lowest BCUT2D eigenvalue weighted by molar-refractivity contribution is 0.0735. The van der Waals surface area contributed by atoms with E-state index in [-0.39, 0.29) is 34.0 Å². The summed E-state index contributed by atoms with van der Waals surface area (Å²) >= 11 is 11.8. The standard InChI is InChI=1S/C20H13Cl2NO5/c1-2-7-23-18(24)15-8-11-3-5-13(10-17(11)28-20(15)26)27-19(25)14-6-4-12(21)9-16(14)22/h2-6,8-10H,1,7H2,(H,23,24). The summed E-state index contributed by atoms with van der Waals surface area (Å²) in [7, 11) is 0. The van der Waals surface area contributed by atoms with Crippen molar-refractivity contribution < 1.29 is 18.7 Å². The summed E-state index contributed by atoms with van der Waals surface area (Å²) in [5.74, 6) is -1.11. The first-order chi connectivity index (χ1) is 13.4. The van der Waals surface area contributed by atoms with E-state index in [2.05, 4.69) is 11.9 Å². The van der Waals surface area contributed by atoms with Crippen LogP contribution in [0.2, 0.25) is 10.0 Å². The molecule has 3 aromatic rings. The number of benzene rings is 2. The van der Waals surface area contributed by atoms with E-state index in [0.29, 0.717) is 10.4 Å². The Kier molecular flexibility index (Phi) is 5.82. The van der Waals surface area contributed by atoms with Crippen LogP contribution in [-0.4, -0.2) is 18.4 Å². The van der Waals surface area contributed by atoms with E-state index in [1.165, 1.54) is 42.5 Å². The van der Waals surface area contributed by atoms with Gasteiger partial charge in [-0.1, -0.05) is 29.3 Å². The lowest BCUT2D eigenvalue weighted by Crippen LogP contribution is -2.28. The molecule has 1 amide bonds. The number of fused-ring (bicyclic) bond motifs is 1. The number of ether oxygens (including phenoxy) is 1. The molecule has 0 bridgehead atoms. The Morgan fingerprint density at radius 2 is 1.89 bits per heavy atom. The first-order valence-corrected chi connectivity index (χ1v) is 8.79. The molecule has 0 saturated carbocycles. The van der Waals surface area contributed by atoms with E-state index in [4.69, 9.17) is 32.4 Å². The van der Waals surface area contributed by atoms with Crippen LogP contribution in [0.3, 0.4) is 0 Å². The summed E-state index contributed by atoms with van der Waals surface area (Å²) < 4.78 is 10.5. The van der Waals surface area contributed by atoms with Gasteiger partial charge in [0.1, 0.15) is 16.9 Å². The highest BCUT2D eigenvalue weighted by Crippen LogP contribution is 2.25. The molecular formula is C20H13Cl2NO5. The van der Waals surface area contributed by atoms with Crippen molar-refractivity contribution in [3.05, 3.63) is 86.7 Å². The first-order valence-electron chi connectivity index (χ1n) is 8.03. The fourth-order valence-electron chi connectivity index (χ4n) is 2.39. The Bertz CT molecular complexity index is 1150. The highest BCUT2D eigenvalue weighted by Gasteiger charge is 2.16. The van der Waals surface area contributed by atoms with Crippen LogP contribution in [0.5, 0.6) is 5.75 Å². The molecule has 0 aliphatic carbocycles. The van der Waals surface area contributed by atoms with Gasteiger partial charge in [-0.15, -0.1) is 6.58 Å². The Balaban J connectivity index is 1.88. The number of halogens is 2. The Morgan fingerprint density at radius 1 is 1.11 bits per heavy atom. The summed E-state index contributed by atoms with van der Waals surface area (Å²) in [5.41, 5.74) is -0.634. The first kappa shape index (κ1) is 19.7. The van der Waals surface area contributed by atoms with E-state index >= 15 is 0 Å². The zero-order valence-corrected chi connectivity index (χ0v) is 15.8. The van der Waals surface area contributed by atoms with Crippen molar-refractivity contribution in [2.24, 2.45) is 0 Å². The monoisotopic (exact) mass is 417 g/mol. The average Bonchev–Trinajstić information content (AvgIpc) is 2.65. The Hall–Kier alpha value is -3.09. The maximum atomic E-state index is 12.3. The van der Waals surface area contributed by atoms with Crippen molar-refractivity contribution in [1.82, 2.24) is 5.32 Å². The van der Waals surface area contributed by atoms with E-state index < -0.39 is 17.5 Å². The minimum absolute atomic E-state index is 0.132. The van der Waals surface area contributed by atoms with Gasteiger partial charge in [-0.25, -0.2) is 9.59 Å². The molecule has 0 radical (unpaired) electrons. The van der Waals surface area contributed by atoms with Crippen LogP contribution >= 0.6 is 23.2 Å². The lowest BCUT2D eigenvalue weighted by atomic mass is 10.1. The zero-order valence-electron chi connectivity index (χ0n) is 14.3. The van der Waals surface area contributed by atoms with Gasteiger partial charge < -0.3 is 14.5 Å². The van der Waals surface area contributed by atoms with Crippen LogP contribution in [0.4, 0.5) is 0 Å². The molecule has 6 nitrogen and oxygen atoms in total. The average molecular weight is 418 g/mol. The smallest absolute Gasteiger partial charge is 0.349 e. The normalized spacial score (nSPS) is 10.5. The van der Waals surface area contributed by atoms with Crippen LogP contribution in [0.25, 0.3) is 11.0 Å². The van der Waals surface area contributed by atoms with Crippen molar-refractivity contribution in [2.75, 3.05) is 6.54 Å². The molecule has 2 aromatic carbocycles. The molecule has 0 fully saturated rings. The van der Waals surface area contributed by atoms with Crippen LogP contribution in [-0.2, 0) is 0 Å². The molecule has 0 atom stereocenters. The van der Waals surface area contributed by atoms with Crippen LogP contribution in [0.1, 0.15) is 20.7 Å². The van der Waals surface area contributed by atoms with Crippen molar-refractivity contribution in [3.8, 4) is 5.75 Å². The molecule has 0 aliphatic rings. The number of amides is 1. The highest BCUT2D eigenvalue weighted by molar-refractivity contribution is 6.36. The quantitative estimate of drug-likeness (QED) is 0.290. The number of hydrogen-bond acceptors (Lipinski definition) is 5. The third kappa shape index (κ3) is 4.24. The van der Waals surface area contributed by atoms with Crippen molar-refractivity contribution in [1.29, 1.82) is 0 Å². The predicted molar refractivity (Wildman–Crippen MR) is 106 cm³/mol. The van der Waals surface area contributed by atoms with Gasteiger partial charge in [-0.3, -0.25) is 4.79 Å². The minimum Gasteiger partial charge on any atom is -0.423 e. The van der Waals surface area contributed by atoms with E-state index in [9.17, 15) is 14.4 Å². The van der Waals surface area contributed by atoms with Gasteiger partial charge in [0.25, 0.3) is 5.91 Å². The second-order valence-electron chi connectivity index (χ2n) is 5.66. The van der Waals surface area contributed by atoms with Crippen LogP contribution in [0, 0.1) is 0 Å². The molecule has 1 N–H and O–H groups in total. The largest absolute Gasteiger partial charge is 0.423 e. The van der Waals surface area contributed by atoms with Crippen LogP contribution < -0.4 is 15.7 Å². The van der Waals surface area contributed by atoms with Crippen molar-refractivity contribution >= 4 is 46.0 Å². The summed E-state index contributed by atoms with van der Waals surface area (Å²) in [6.45, 7) is 3.71. The van der Waals surface area contributed by atoms with E-state index in [1.807, 2.05) is 0 Å². The number of rotatable bonds is 5. The number of carbonyl (C=O) groups excluding carboxylic acids is 2. The second-order valence-corrected chi connectivity index (χ2v) is 6.50. The van der Waals surface area contributed by atoms with Crippen molar-refractivity contribution in [2.45, 2.75) is 0 Å². The third-order valence-electron chi connectivity index (χ3n) is 3.72. The molecular weight excluding hydrogens is 405 g/mol. The molecule has 8 heteroatoms. The summed E-state index contributed by atoms with van der Waals surface area (Å²) in [6, 6.07) is 10.2. The molecule has 0 aliphatic heterocycles. The zero-order chi connectivity index (χ0) is 20.3. The number of nitrogens with one attached hydrogen (secondary N) is 1. The minimum atomic E-state index is -0.807. The van der Waals surface area contributed by atoms with E-state index in [1.54, 1.807) is 6.07 Å². The number of hydrogen-bond donors (Lipinski definition) is 1. The van der Waals surface area contributed by atoms with Gasteiger partial charge in [0, 0.05) is 23.0 Å². The highest BCUT2D eigenvalue weighted by atomic mass is 35.5. The Morgan fingerprint density at radius 3 is 2.61 bits per heavy atom. The summed E-state index contributed by atoms with van der Waals surface area (Å²) in [4.78, 5) is 36.4. The SMILES string of the molecule is C=CCNC(=O)c1cc2ccc(OC(=O)c3ccc(Cl)cc3Cl)cc2oc1=O. The molecule has 1 aromatic heterocycles. The summed E-state index contributed by atoms with van der Waals surface area (Å²) in [5, 5.41) is 3.55. The van der Waals surface area contributed by atoms with Gasteiger partial charge in [0.15, 0.2) is 0 Å². The number of carbonyl (C=O) groups is 2. The van der Waals surface area contributed by atoms with Gasteiger partial charge in [0.2, 0.25) is 0 Å². The Labute approximate surface area is 169 Å². The molecule has 3 rings (SSSR count). The van der Waals surface area contributed by atoms with Gasteiger partial charge in [-0.2, -0.15) is 0 Å². The summed E-state index contributed by atoms with van der Waals surface area (Å²) in [6.07, 6.45) is 1.49. The van der Waals surface area contributed by atoms with Crippen molar-refractivity contribution in [3.63, 3.8) is 0 Å². The maximum absolute atomic E-state index is 12.3. The van der Waals surface area contributed by atoms with Gasteiger partial charge >= 0.3 is 11.6 Å². The second kappa shape index (κ2) is 8.29. The molecule has 1 heterocycles. The molecule has 28 heavy (non-hydrogen) atoms. The fourth-order valence-corrected chi connectivity index (χ4v) is 2.88. The maximum Gasteiger partial charge on any atom is 0.349 e. The molecule has 0 saturated heterocycles. The number of esters is 1. The van der Waals surface area contributed by atoms with Gasteiger partial charge in [-0.05, 0) is 36.4 Å². The fraction of sp³-hybridized carbons (Fsp3) is 0.0500. The van der Waals surface area contributed by atoms with E-state index in [0.717, 1.165) is 0 Å². The third-order valence-corrected chi connectivity index (χ3v) is 4.27. The van der Waals surface area contributed by atoms with Gasteiger partial charge in [0.05, 0.1) is 10.6 Å².